The van der Waals surface area contributed by atoms with E-state index in [9.17, 15) is 9.59 Å². The summed E-state index contributed by atoms with van der Waals surface area (Å²) < 4.78 is 5.35. The Balaban J connectivity index is 1.52. The zero-order chi connectivity index (χ0) is 22.9. The van der Waals surface area contributed by atoms with Crippen LogP contribution in [0.3, 0.4) is 0 Å². The van der Waals surface area contributed by atoms with Gasteiger partial charge >= 0.3 is 6.03 Å². The van der Waals surface area contributed by atoms with E-state index in [-0.39, 0.29) is 11.9 Å². The second-order valence-electron chi connectivity index (χ2n) is 7.62. The minimum Gasteiger partial charge on any atom is -0.352 e. The molecule has 0 saturated heterocycles. The SMILES string of the molecule is CCCCNC(=O)c1ccc(-c2nc(CCN(C)C(=O)Nc3ccccc3C)no2)cc1. The molecule has 1 aromatic heterocycles. The monoisotopic (exact) mass is 435 g/mol. The highest BCUT2D eigenvalue weighted by atomic mass is 16.5. The van der Waals surface area contributed by atoms with Crippen LogP contribution in [0.25, 0.3) is 11.5 Å². The van der Waals surface area contributed by atoms with Crippen molar-refractivity contribution >= 4 is 17.6 Å². The number of amides is 3. The van der Waals surface area contributed by atoms with Gasteiger partial charge in [-0.15, -0.1) is 0 Å². The van der Waals surface area contributed by atoms with Crippen LogP contribution in [0.1, 0.15) is 41.5 Å². The maximum Gasteiger partial charge on any atom is 0.321 e. The number of carbonyl (C=O) groups is 2. The van der Waals surface area contributed by atoms with Gasteiger partial charge in [-0.25, -0.2) is 4.79 Å². The third-order valence-electron chi connectivity index (χ3n) is 5.08. The largest absolute Gasteiger partial charge is 0.352 e. The lowest BCUT2D eigenvalue weighted by Crippen LogP contribution is -2.33. The van der Waals surface area contributed by atoms with Crippen molar-refractivity contribution in [1.29, 1.82) is 0 Å². The predicted molar refractivity (Wildman–Crippen MR) is 124 cm³/mol. The molecule has 0 aliphatic heterocycles. The van der Waals surface area contributed by atoms with E-state index < -0.39 is 0 Å². The van der Waals surface area contributed by atoms with E-state index in [0.29, 0.717) is 36.8 Å². The van der Waals surface area contributed by atoms with Crippen molar-refractivity contribution < 1.29 is 14.1 Å². The number of benzene rings is 2. The van der Waals surface area contributed by atoms with Crippen LogP contribution in [-0.4, -0.2) is 47.1 Å². The Morgan fingerprint density at radius 2 is 1.84 bits per heavy atom. The van der Waals surface area contributed by atoms with Crippen molar-refractivity contribution in [2.24, 2.45) is 0 Å². The molecular weight excluding hydrogens is 406 g/mol. The molecule has 168 valence electrons. The molecule has 0 bridgehead atoms. The van der Waals surface area contributed by atoms with Gasteiger partial charge in [-0.1, -0.05) is 36.7 Å². The molecule has 0 aliphatic rings. The first kappa shape index (κ1) is 23.0. The van der Waals surface area contributed by atoms with E-state index in [1.165, 1.54) is 0 Å². The Bertz CT molecular complexity index is 1050. The molecule has 0 radical (unpaired) electrons. The molecule has 1 heterocycles. The first-order valence-electron chi connectivity index (χ1n) is 10.8. The molecule has 0 aliphatic carbocycles. The van der Waals surface area contributed by atoms with Crippen LogP contribution in [-0.2, 0) is 6.42 Å². The summed E-state index contributed by atoms with van der Waals surface area (Å²) >= 11 is 0. The topological polar surface area (TPSA) is 100 Å². The van der Waals surface area contributed by atoms with Crippen LogP contribution < -0.4 is 10.6 Å². The number of nitrogens with one attached hydrogen (secondary N) is 2. The number of anilines is 1. The molecule has 0 atom stereocenters. The fraction of sp³-hybridized carbons (Fsp3) is 0.333. The Hall–Kier alpha value is -3.68. The molecule has 0 fully saturated rings. The number of carbonyl (C=O) groups excluding carboxylic acids is 2. The molecular formula is C24H29N5O3. The molecule has 2 aromatic carbocycles. The van der Waals surface area contributed by atoms with Crippen LogP contribution in [0.15, 0.2) is 53.1 Å². The second kappa shape index (κ2) is 11.1. The smallest absolute Gasteiger partial charge is 0.321 e. The molecule has 8 heteroatoms. The van der Waals surface area contributed by atoms with Gasteiger partial charge in [-0.3, -0.25) is 4.79 Å². The van der Waals surface area contributed by atoms with Gasteiger partial charge in [0.05, 0.1) is 0 Å². The Kier molecular flexibility index (Phi) is 7.96. The normalized spacial score (nSPS) is 10.6. The summed E-state index contributed by atoms with van der Waals surface area (Å²) in [5.41, 5.74) is 3.11. The summed E-state index contributed by atoms with van der Waals surface area (Å²) in [4.78, 5) is 30.5. The first-order chi connectivity index (χ1) is 15.5. The Morgan fingerprint density at radius 1 is 1.09 bits per heavy atom. The molecule has 0 spiro atoms. The van der Waals surface area contributed by atoms with Crippen LogP contribution in [0.4, 0.5) is 10.5 Å². The number of hydrogen-bond donors (Lipinski definition) is 2. The van der Waals surface area contributed by atoms with Gasteiger partial charge in [0.2, 0.25) is 0 Å². The number of aryl methyl sites for hydroxylation is 1. The summed E-state index contributed by atoms with van der Waals surface area (Å²) in [7, 11) is 1.72. The van der Waals surface area contributed by atoms with Crippen molar-refractivity contribution in [3.8, 4) is 11.5 Å². The van der Waals surface area contributed by atoms with E-state index in [2.05, 4.69) is 27.7 Å². The average molecular weight is 436 g/mol. The zero-order valence-electron chi connectivity index (χ0n) is 18.7. The highest BCUT2D eigenvalue weighted by Gasteiger charge is 2.14. The van der Waals surface area contributed by atoms with Crippen molar-refractivity contribution in [2.75, 3.05) is 25.5 Å². The molecule has 0 saturated carbocycles. The standard InChI is InChI=1S/C24H29N5O3/c1-4-5-15-25-22(30)18-10-12-19(13-11-18)23-27-21(28-32-23)14-16-29(3)24(31)26-20-9-7-6-8-17(20)2/h6-13H,4-5,14-16H2,1-3H3,(H,25,30)(H,26,31). The van der Waals surface area contributed by atoms with Gasteiger partial charge in [-0.05, 0) is 49.2 Å². The number of para-hydroxylation sites is 1. The van der Waals surface area contributed by atoms with E-state index in [1.54, 1.807) is 36.2 Å². The number of nitrogens with zero attached hydrogens (tertiary/aromatic N) is 3. The lowest BCUT2D eigenvalue weighted by atomic mass is 10.1. The van der Waals surface area contributed by atoms with Gasteiger partial charge in [0.1, 0.15) is 0 Å². The molecule has 0 unspecified atom stereocenters. The summed E-state index contributed by atoms with van der Waals surface area (Å²) in [5.74, 6) is 0.796. The molecule has 3 amide bonds. The van der Waals surface area contributed by atoms with Gasteiger partial charge in [0.25, 0.3) is 11.8 Å². The van der Waals surface area contributed by atoms with Crippen molar-refractivity contribution in [2.45, 2.75) is 33.1 Å². The van der Waals surface area contributed by atoms with E-state index in [4.69, 9.17) is 4.52 Å². The van der Waals surface area contributed by atoms with Crippen molar-refractivity contribution in [3.63, 3.8) is 0 Å². The molecule has 8 nitrogen and oxygen atoms in total. The van der Waals surface area contributed by atoms with Crippen molar-refractivity contribution in [3.05, 3.63) is 65.5 Å². The number of aromatic nitrogens is 2. The van der Waals surface area contributed by atoms with E-state index in [1.807, 2.05) is 31.2 Å². The van der Waals surface area contributed by atoms with Crippen LogP contribution in [0.2, 0.25) is 0 Å². The first-order valence-corrected chi connectivity index (χ1v) is 10.8. The Morgan fingerprint density at radius 3 is 2.56 bits per heavy atom. The summed E-state index contributed by atoms with van der Waals surface area (Å²) in [6.07, 6.45) is 2.45. The Labute approximate surface area is 188 Å². The quantitative estimate of drug-likeness (QED) is 0.489. The number of hydrogen-bond acceptors (Lipinski definition) is 5. The van der Waals surface area contributed by atoms with Gasteiger partial charge in [0, 0.05) is 43.4 Å². The third-order valence-corrected chi connectivity index (χ3v) is 5.08. The minimum atomic E-state index is -0.198. The minimum absolute atomic E-state index is 0.0942. The predicted octanol–water partition coefficient (Wildman–Crippen LogP) is 4.28. The maximum absolute atomic E-state index is 12.4. The number of rotatable bonds is 9. The fourth-order valence-corrected chi connectivity index (χ4v) is 3.01. The van der Waals surface area contributed by atoms with Crippen LogP contribution in [0, 0.1) is 6.92 Å². The van der Waals surface area contributed by atoms with Gasteiger partial charge < -0.3 is 20.1 Å². The lowest BCUT2D eigenvalue weighted by molar-refractivity contribution is 0.0953. The molecule has 32 heavy (non-hydrogen) atoms. The number of likely N-dealkylation sites (N-methyl/N-ethyl adjacent to an activating group) is 1. The van der Waals surface area contributed by atoms with E-state index >= 15 is 0 Å². The summed E-state index contributed by atoms with van der Waals surface area (Å²) in [5, 5.41) is 9.79. The highest BCUT2D eigenvalue weighted by Crippen LogP contribution is 2.18. The number of urea groups is 1. The van der Waals surface area contributed by atoms with Crippen molar-refractivity contribution in [1.82, 2.24) is 20.4 Å². The molecule has 3 aromatic rings. The second-order valence-corrected chi connectivity index (χ2v) is 7.62. The van der Waals surface area contributed by atoms with Crippen LogP contribution >= 0.6 is 0 Å². The fourth-order valence-electron chi connectivity index (χ4n) is 3.01. The highest BCUT2D eigenvalue weighted by molar-refractivity contribution is 5.94. The summed E-state index contributed by atoms with van der Waals surface area (Å²) in [6.45, 7) is 5.13. The molecule has 2 N–H and O–H groups in total. The third kappa shape index (κ3) is 6.16. The summed E-state index contributed by atoms with van der Waals surface area (Å²) in [6, 6.07) is 14.5. The van der Waals surface area contributed by atoms with Crippen LogP contribution in [0.5, 0.6) is 0 Å². The molecule has 3 rings (SSSR count). The van der Waals surface area contributed by atoms with Gasteiger partial charge in [0.15, 0.2) is 5.82 Å². The zero-order valence-corrected chi connectivity index (χ0v) is 18.7. The average Bonchev–Trinajstić information content (AvgIpc) is 3.28. The number of unbranched alkanes of at least 4 members (excludes halogenated alkanes) is 1. The maximum atomic E-state index is 12.4. The van der Waals surface area contributed by atoms with E-state index in [0.717, 1.165) is 29.7 Å². The lowest BCUT2D eigenvalue weighted by Gasteiger charge is -2.18. The van der Waals surface area contributed by atoms with Gasteiger partial charge in [-0.2, -0.15) is 4.98 Å².